The minimum absolute atomic E-state index is 0.145. The van der Waals surface area contributed by atoms with Crippen LogP contribution in [0.15, 0.2) is 0 Å². The summed E-state index contributed by atoms with van der Waals surface area (Å²) in [6, 6.07) is 0. The summed E-state index contributed by atoms with van der Waals surface area (Å²) in [7, 11) is 1.34. The number of ether oxygens (including phenoxy) is 1. The van der Waals surface area contributed by atoms with E-state index in [0.717, 1.165) is 5.01 Å². The Kier molecular flexibility index (Phi) is 4.48. The number of carbonyl (C=O) groups excluding carboxylic acids is 1. The van der Waals surface area contributed by atoms with Crippen molar-refractivity contribution >= 4 is 17.3 Å². The maximum atomic E-state index is 10.9. The van der Waals surface area contributed by atoms with Gasteiger partial charge >= 0.3 is 5.97 Å². The van der Waals surface area contributed by atoms with Gasteiger partial charge in [0.15, 0.2) is 0 Å². The fourth-order valence-electron chi connectivity index (χ4n) is 0.887. The molecular formula is C8H12N2O3S. The zero-order valence-corrected chi connectivity index (χ0v) is 8.71. The second-order valence-corrected chi connectivity index (χ2v) is 3.82. The smallest absolute Gasteiger partial charge is 0.312 e. The highest BCUT2D eigenvalue weighted by Gasteiger charge is 2.08. The van der Waals surface area contributed by atoms with Gasteiger partial charge in [-0.05, 0) is 6.42 Å². The van der Waals surface area contributed by atoms with Crippen molar-refractivity contribution in [2.75, 3.05) is 13.7 Å². The molecule has 0 spiro atoms. The van der Waals surface area contributed by atoms with Gasteiger partial charge in [-0.3, -0.25) is 4.79 Å². The van der Waals surface area contributed by atoms with Gasteiger partial charge in [-0.15, -0.1) is 21.5 Å². The Bertz CT molecular complexity index is 301. The number of aromatic nitrogens is 2. The maximum absolute atomic E-state index is 10.9. The van der Waals surface area contributed by atoms with E-state index in [1.165, 1.54) is 18.4 Å². The number of nitrogens with zero attached hydrogens (tertiary/aromatic N) is 2. The highest BCUT2D eigenvalue weighted by atomic mass is 32.1. The van der Waals surface area contributed by atoms with Gasteiger partial charge in [-0.1, -0.05) is 0 Å². The van der Waals surface area contributed by atoms with Crippen LogP contribution < -0.4 is 0 Å². The lowest BCUT2D eigenvalue weighted by Crippen LogP contribution is -2.03. The van der Waals surface area contributed by atoms with Crippen molar-refractivity contribution in [3.8, 4) is 0 Å². The molecule has 6 heteroatoms. The van der Waals surface area contributed by atoms with Crippen LogP contribution in [0, 0.1) is 0 Å². The molecule has 1 heterocycles. The number of hydrogen-bond acceptors (Lipinski definition) is 6. The molecule has 0 aliphatic rings. The number of rotatable bonds is 5. The third kappa shape index (κ3) is 3.39. The molecule has 78 valence electrons. The monoisotopic (exact) mass is 216 g/mol. The maximum Gasteiger partial charge on any atom is 0.312 e. The number of esters is 1. The first-order valence-corrected chi connectivity index (χ1v) is 5.07. The van der Waals surface area contributed by atoms with E-state index >= 15 is 0 Å². The SMILES string of the molecule is COC(=O)Cc1nnc(CCCO)s1. The van der Waals surface area contributed by atoms with Crippen LogP contribution >= 0.6 is 11.3 Å². The number of carbonyl (C=O) groups is 1. The Morgan fingerprint density at radius 2 is 2.21 bits per heavy atom. The van der Waals surface area contributed by atoms with E-state index in [2.05, 4.69) is 14.9 Å². The van der Waals surface area contributed by atoms with Crippen molar-refractivity contribution in [1.29, 1.82) is 0 Å². The van der Waals surface area contributed by atoms with Gasteiger partial charge in [-0.2, -0.15) is 0 Å². The average Bonchev–Trinajstić information content (AvgIpc) is 2.62. The van der Waals surface area contributed by atoms with Crippen molar-refractivity contribution < 1.29 is 14.6 Å². The first-order valence-electron chi connectivity index (χ1n) is 4.25. The molecule has 0 fully saturated rings. The molecule has 14 heavy (non-hydrogen) atoms. The van der Waals surface area contributed by atoms with Gasteiger partial charge in [0.25, 0.3) is 0 Å². The van der Waals surface area contributed by atoms with E-state index in [1.54, 1.807) is 0 Å². The summed E-state index contributed by atoms with van der Waals surface area (Å²) in [5.41, 5.74) is 0. The van der Waals surface area contributed by atoms with Crippen LogP contribution in [0.5, 0.6) is 0 Å². The Morgan fingerprint density at radius 3 is 2.86 bits per heavy atom. The highest BCUT2D eigenvalue weighted by molar-refractivity contribution is 7.11. The summed E-state index contributed by atoms with van der Waals surface area (Å²) >= 11 is 1.38. The molecule has 1 aromatic heterocycles. The highest BCUT2D eigenvalue weighted by Crippen LogP contribution is 2.12. The Balaban J connectivity index is 2.46. The molecule has 1 rings (SSSR count). The molecule has 0 aliphatic heterocycles. The van der Waals surface area contributed by atoms with Crippen molar-refractivity contribution in [1.82, 2.24) is 10.2 Å². The standard InChI is InChI=1S/C8H12N2O3S/c1-13-8(12)5-7-10-9-6(14-7)3-2-4-11/h11H,2-5H2,1H3. The molecule has 0 atom stereocenters. The minimum Gasteiger partial charge on any atom is -0.469 e. The minimum atomic E-state index is -0.310. The largest absolute Gasteiger partial charge is 0.469 e. The molecular weight excluding hydrogens is 204 g/mol. The van der Waals surface area contributed by atoms with Crippen molar-refractivity contribution in [3.05, 3.63) is 10.0 Å². The first-order chi connectivity index (χ1) is 6.76. The quantitative estimate of drug-likeness (QED) is 0.711. The van der Waals surface area contributed by atoms with Gasteiger partial charge in [0, 0.05) is 13.0 Å². The molecule has 0 radical (unpaired) electrons. The molecule has 1 N–H and O–H groups in total. The Morgan fingerprint density at radius 1 is 1.50 bits per heavy atom. The van der Waals surface area contributed by atoms with E-state index in [0.29, 0.717) is 17.8 Å². The van der Waals surface area contributed by atoms with Gasteiger partial charge in [-0.25, -0.2) is 0 Å². The molecule has 0 amide bonds. The van der Waals surface area contributed by atoms with Crippen LogP contribution in [-0.2, 0) is 22.4 Å². The Hall–Kier alpha value is -1.01. The van der Waals surface area contributed by atoms with Gasteiger partial charge in [0.2, 0.25) is 0 Å². The molecule has 1 aromatic rings. The van der Waals surface area contributed by atoms with Crippen LogP contribution in [-0.4, -0.2) is 35.0 Å². The number of aryl methyl sites for hydroxylation is 1. The van der Waals surface area contributed by atoms with E-state index < -0.39 is 0 Å². The third-order valence-electron chi connectivity index (χ3n) is 1.58. The van der Waals surface area contributed by atoms with Crippen LogP contribution in [0.3, 0.4) is 0 Å². The molecule has 0 saturated carbocycles. The predicted molar refractivity (Wildman–Crippen MR) is 51.0 cm³/mol. The van der Waals surface area contributed by atoms with Crippen molar-refractivity contribution in [3.63, 3.8) is 0 Å². The number of aliphatic hydroxyl groups is 1. The topological polar surface area (TPSA) is 72.3 Å². The average molecular weight is 216 g/mol. The molecule has 0 unspecified atom stereocenters. The number of aliphatic hydroxyl groups excluding tert-OH is 1. The zero-order chi connectivity index (χ0) is 10.4. The summed E-state index contributed by atoms with van der Waals surface area (Å²) < 4.78 is 4.50. The van der Waals surface area contributed by atoms with Crippen molar-refractivity contribution in [2.24, 2.45) is 0 Å². The second-order valence-electron chi connectivity index (χ2n) is 2.67. The normalized spacial score (nSPS) is 10.1. The van der Waals surface area contributed by atoms with Gasteiger partial charge < -0.3 is 9.84 Å². The van der Waals surface area contributed by atoms with E-state index in [9.17, 15) is 4.79 Å². The fourth-order valence-corrected chi connectivity index (χ4v) is 1.76. The lowest BCUT2D eigenvalue weighted by atomic mass is 10.3. The Labute approximate surface area is 85.7 Å². The second kappa shape index (κ2) is 5.66. The molecule has 0 bridgehead atoms. The molecule has 0 aliphatic carbocycles. The van der Waals surface area contributed by atoms with Gasteiger partial charge in [0.1, 0.15) is 10.0 Å². The zero-order valence-electron chi connectivity index (χ0n) is 7.89. The third-order valence-corrected chi connectivity index (χ3v) is 2.56. The van der Waals surface area contributed by atoms with Gasteiger partial charge in [0.05, 0.1) is 13.5 Å². The molecule has 0 saturated heterocycles. The van der Waals surface area contributed by atoms with Crippen LogP contribution in [0.2, 0.25) is 0 Å². The van der Waals surface area contributed by atoms with Crippen LogP contribution in [0.1, 0.15) is 16.4 Å². The van der Waals surface area contributed by atoms with Crippen LogP contribution in [0.4, 0.5) is 0 Å². The van der Waals surface area contributed by atoms with E-state index in [4.69, 9.17) is 5.11 Å². The molecule has 0 aromatic carbocycles. The summed E-state index contributed by atoms with van der Waals surface area (Å²) in [5, 5.41) is 17.8. The predicted octanol–water partition coefficient (Wildman–Crippen LogP) is 0.178. The lowest BCUT2D eigenvalue weighted by molar-refractivity contribution is -0.139. The summed E-state index contributed by atoms with van der Waals surface area (Å²) in [4.78, 5) is 10.9. The van der Waals surface area contributed by atoms with Crippen LogP contribution in [0.25, 0.3) is 0 Å². The van der Waals surface area contributed by atoms with E-state index in [-0.39, 0.29) is 19.0 Å². The molecule has 5 nitrogen and oxygen atoms in total. The van der Waals surface area contributed by atoms with E-state index in [1.807, 2.05) is 0 Å². The summed E-state index contributed by atoms with van der Waals surface area (Å²) in [6.07, 6.45) is 1.55. The number of methoxy groups -OCH3 is 1. The first kappa shape index (κ1) is 11.1. The summed E-state index contributed by atoms with van der Waals surface area (Å²) in [6.45, 7) is 0.145. The summed E-state index contributed by atoms with van der Waals surface area (Å²) in [5.74, 6) is -0.310. The number of hydrogen-bond donors (Lipinski definition) is 1. The lowest BCUT2D eigenvalue weighted by Gasteiger charge is -1.92. The fraction of sp³-hybridized carbons (Fsp3) is 0.625. The van der Waals surface area contributed by atoms with Crippen molar-refractivity contribution in [2.45, 2.75) is 19.3 Å².